The van der Waals surface area contributed by atoms with Crippen LogP contribution in [0.2, 0.25) is 5.02 Å². The van der Waals surface area contributed by atoms with Crippen molar-refractivity contribution in [2.45, 2.75) is 19.6 Å². The van der Waals surface area contributed by atoms with E-state index in [1.165, 1.54) is 0 Å². The van der Waals surface area contributed by atoms with E-state index in [0.717, 1.165) is 22.5 Å². The quantitative estimate of drug-likeness (QED) is 0.723. The molecule has 4 nitrogen and oxygen atoms in total. The Balaban J connectivity index is 1.71. The number of benzene rings is 2. The Kier molecular flexibility index (Phi) is 4.35. The molecule has 1 atom stereocenters. The van der Waals surface area contributed by atoms with E-state index >= 15 is 0 Å². The molecule has 130 valence electrons. The molecule has 5 heteroatoms. The zero-order chi connectivity index (χ0) is 18.1. The fourth-order valence-corrected chi connectivity index (χ4v) is 3.49. The molecular formula is C21H18ClN3O. The second kappa shape index (κ2) is 6.81. The van der Waals surface area contributed by atoms with Gasteiger partial charge in [-0.05, 0) is 48.4 Å². The van der Waals surface area contributed by atoms with Gasteiger partial charge in [0, 0.05) is 23.5 Å². The summed E-state index contributed by atoms with van der Waals surface area (Å²) in [5.74, 6) is -0.0129. The summed E-state index contributed by atoms with van der Waals surface area (Å²) in [5.41, 5.74) is 4.43. The number of rotatable bonds is 4. The van der Waals surface area contributed by atoms with Crippen molar-refractivity contribution in [2.24, 2.45) is 0 Å². The first-order chi connectivity index (χ1) is 12.6. The van der Waals surface area contributed by atoms with Crippen LogP contribution in [-0.2, 0) is 6.54 Å². The average molecular weight is 364 g/mol. The molecule has 26 heavy (non-hydrogen) atoms. The summed E-state index contributed by atoms with van der Waals surface area (Å²) in [7, 11) is 0. The van der Waals surface area contributed by atoms with Crippen LogP contribution in [0.3, 0.4) is 0 Å². The molecule has 1 aromatic heterocycles. The van der Waals surface area contributed by atoms with Gasteiger partial charge in [0.05, 0.1) is 11.3 Å². The van der Waals surface area contributed by atoms with Crippen LogP contribution in [0.4, 0.5) is 5.69 Å². The van der Waals surface area contributed by atoms with Crippen molar-refractivity contribution in [3.8, 4) is 0 Å². The fourth-order valence-electron chi connectivity index (χ4n) is 3.26. The highest BCUT2D eigenvalue weighted by Crippen LogP contribution is 2.35. The number of carbonyl (C=O) groups is 1. The molecule has 2 aromatic carbocycles. The minimum Gasteiger partial charge on any atom is -0.360 e. The molecule has 0 bridgehead atoms. The summed E-state index contributed by atoms with van der Waals surface area (Å²) in [6.07, 6.45) is 1.40. The summed E-state index contributed by atoms with van der Waals surface area (Å²) < 4.78 is 0. The average Bonchev–Trinajstić information content (AvgIpc) is 2.91. The Labute approximate surface area is 157 Å². The molecule has 1 amide bonds. The van der Waals surface area contributed by atoms with Gasteiger partial charge < -0.3 is 10.2 Å². The Hall–Kier alpha value is -2.85. The topological polar surface area (TPSA) is 45.2 Å². The maximum atomic E-state index is 13.0. The lowest BCUT2D eigenvalue weighted by Crippen LogP contribution is -2.32. The summed E-state index contributed by atoms with van der Waals surface area (Å²) in [6.45, 7) is 2.51. The number of aromatic nitrogens is 1. The Morgan fingerprint density at radius 3 is 2.69 bits per heavy atom. The maximum Gasteiger partial charge on any atom is 0.258 e. The zero-order valence-corrected chi connectivity index (χ0v) is 15.1. The van der Waals surface area contributed by atoms with E-state index in [4.69, 9.17) is 11.6 Å². The molecule has 0 aliphatic carbocycles. The first-order valence-electron chi connectivity index (χ1n) is 8.46. The van der Waals surface area contributed by atoms with Crippen LogP contribution in [0.5, 0.6) is 0 Å². The van der Waals surface area contributed by atoms with Gasteiger partial charge in [0.1, 0.15) is 6.17 Å². The third-order valence-electron chi connectivity index (χ3n) is 4.58. The van der Waals surface area contributed by atoms with Gasteiger partial charge >= 0.3 is 0 Å². The van der Waals surface area contributed by atoms with Gasteiger partial charge in [-0.3, -0.25) is 9.78 Å². The Morgan fingerprint density at radius 1 is 1.12 bits per heavy atom. The van der Waals surface area contributed by atoms with Gasteiger partial charge in [0.15, 0.2) is 0 Å². The highest BCUT2D eigenvalue weighted by Gasteiger charge is 2.38. The van der Waals surface area contributed by atoms with Gasteiger partial charge in [-0.1, -0.05) is 41.9 Å². The van der Waals surface area contributed by atoms with E-state index in [0.29, 0.717) is 17.1 Å². The van der Waals surface area contributed by atoms with Gasteiger partial charge in [0.2, 0.25) is 0 Å². The summed E-state index contributed by atoms with van der Waals surface area (Å²) in [6, 6.07) is 19.3. The molecular weight excluding hydrogens is 346 g/mol. The second-order valence-electron chi connectivity index (χ2n) is 6.36. The van der Waals surface area contributed by atoms with Crippen molar-refractivity contribution >= 4 is 23.2 Å². The molecule has 0 saturated carbocycles. The van der Waals surface area contributed by atoms with Gasteiger partial charge in [-0.25, -0.2) is 0 Å². The zero-order valence-electron chi connectivity index (χ0n) is 14.3. The number of fused-ring (bicyclic) bond motifs is 1. The summed E-state index contributed by atoms with van der Waals surface area (Å²) in [4.78, 5) is 19.3. The number of hydrogen-bond acceptors (Lipinski definition) is 3. The molecule has 4 rings (SSSR count). The summed E-state index contributed by atoms with van der Waals surface area (Å²) in [5, 5.41) is 4.17. The number of nitrogens with one attached hydrogen (secondary N) is 1. The van der Waals surface area contributed by atoms with E-state index in [-0.39, 0.29) is 12.1 Å². The number of aryl methyl sites for hydroxylation is 1. The number of pyridine rings is 1. The van der Waals surface area contributed by atoms with E-state index < -0.39 is 0 Å². The van der Waals surface area contributed by atoms with Crippen LogP contribution in [0.15, 0.2) is 66.9 Å². The van der Waals surface area contributed by atoms with Crippen molar-refractivity contribution in [1.29, 1.82) is 0 Å². The minimum atomic E-state index is -0.321. The van der Waals surface area contributed by atoms with E-state index in [1.54, 1.807) is 12.3 Å². The van der Waals surface area contributed by atoms with Crippen molar-refractivity contribution < 1.29 is 4.79 Å². The number of amides is 1. The lowest BCUT2D eigenvalue weighted by Gasteiger charge is -2.27. The molecule has 1 aliphatic rings. The van der Waals surface area contributed by atoms with Crippen LogP contribution >= 0.6 is 11.6 Å². The van der Waals surface area contributed by atoms with Crippen molar-refractivity contribution in [1.82, 2.24) is 9.88 Å². The van der Waals surface area contributed by atoms with Crippen LogP contribution in [0, 0.1) is 6.92 Å². The van der Waals surface area contributed by atoms with Crippen molar-refractivity contribution in [2.75, 3.05) is 5.32 Å². The SMILES string of the molecule is Cc1cc(Cl)ccc1N[C@H]1c2ncccc2C(=O)N1Cc1ccccc1. The van der Waals surface area contributed by atoms with Crippen LogP contribution < -0.4 is 5.32 Å². The second-order valence-corrected chi connectivity index (χ2v) is 6.80. The minimum absolute atomic E-state index is 0.0129. The van der Waals surface area contributed by atoms with Gasteiger partial charge in [0.25, 0.3) is 5.91 Å². The normalized spacial score (nSPS) is 15.8. The van der Waals surface area contributed by atoms with Crippen LogP contribution in [0.1, 0.15) is 33.3 Å². The molecule has 0 fully saturated rings. The molecule has 0 saturated heterocycles. The lowest BCUT2D eigenvalue weighted by atomic mass is 10.1. The van der Waals surface area contributed by atoms with E-state index in [1.807, 2.05) is 66.4 Å². The number of hydrogen-bond donors (Lipinski definition) is 1. The number of halogens is 1. The van der Waals surface area contributed by atoms with Crippen LogP contribution in [0.25, 0.3) is 0 Å². The third-order valence-corrected chi connectivity index (χ3v) is 4.81. The third kappa shape index (κ3) is 3.04. The predicted octanol–water partition coefficient (Wildman–Crippen LogP) is 4.81. The first kappa shape index (κ1) is 16.6. The van der Waals surface area contributed by atoms with E-state index in [9.17, 15) is 4.79 Å². The summed E-state index contributed by atoms with van der Waals surface area (Å²) >= 11 is 6.07. The standard InChI is InChI=1S/C21H18ClN3O/c1-14-12-16(22)9-10-18(14)24-20-19-17(8-5-11-23-19)21(26)25(20)13-15-6-3-2-4-7-15/h2-12,20,24H,13H2,1H3/t20-/m1/s1. The molecule has 3 aromatic rings. The van der Waals surface area contributed by atoms with Gasteiger partial charge in [-0.2, -0.15) is 0 Å². The van der Waals surface area contributed by atoms with E-state index in [2.05, 4.69) is 10.3 Å². The Bertz CT molecular complexity index is 958. The smallest absolute Gasteiger partial charge is 0.258 e. The molecule has 0 radical (unpaired) electrons. The highest BCUT2D eigenvalue weighted by atomic mass is 35.5. The number of carbonyl (C=O) groups excluding carboxylic acids is 1. The molecule has 1 N–H and O–H groups in total. The van der Waals surface area contributed by atoms with Gasteiger partial charge in [-0.15, -0.1) is 0 Å². The van der Waals surface area contributed by atoms with Crippen LogP contribution in [-0.4, -0.2) is 15.8 Å². The molecule has 2 heterocycles. The maximum absolute atomic E-state index is 13.0. The van der Waals surface area contributed by atoms with Crippen molar-refractivity contribution in [3.05, 3.63) is 94.3 Å². The van der Waals surface area contributed by atoms with Crippen molar-refractivity contribution in [3.63, 3.8) is 0 Å². The Morgan fingerprint density at radius 2 is 1.92 bits per heavy atom. The highest BCUT2D eigenvalue weighted by molar-refractivity contribution is 6.30. The largest absolute Gasteiger partial charge is 0.360 e. The fraction of sp³-hybridized carbons (Fsp3) is 0.143. The molecule has 1 aliphatic heterocycles. The number of anilines is 1. The number of nitrogens with zero attached hydrogens (tertiary/aromatic N) is 2. The lowest BCUT2D eigenvalue weighted by molar-refractivity contribution is 0.0727. The monoisotopic (exact) mass is 363 g/mol. The molecule has 0 spiro atoms. The first-order valence-corrected chi connectivity index (χ1v) is 8.84. The predicted molar refractivity (Wildman–Crippen MR) is 103 cm³/mol. The molecule has 0 unspecified atom stereocenters.